The van der Waals surface area contributed by atoms with E-state index in [1.165, 1.54) is 70.3 Å². The van der Waals surface area contributed by atoms with Crippen LogP contribution in [0.1, 0.15) is 93.5 Å². The van der Waals surface area contributed by atoms with Gasteiger partial charge in [-0.25, -0.2) is 4.79 Å². The van der Waals surface area contributed by atoms with Crippen molar-refractivity contribution in [1.29, 1.82) is 0 Å². The van der Waals surface area contributed by atoms with E-state index in [-0.39, 0.29) is 11.3 Å². The van der Waals surface area contributed by atoms with Gasteiger partial charge in [0.25, 0.3) is 0 Å². The SMILES string of the molecule is CCCCCCCCCCCCCc1ccc(C(=O)O)cc1O. The van der Waals surface area contributed by atoms with Gasteiger partial charge in [-0.15, -0.1) is 0 Å². The molecule has 1 aromatic carbocycles. The van der Waals surface area contributed by atoms with Crippen LogP contribution in [0.5, 0.6) is 5.75 Å². The first-order valence-electron chi connectivity index (χ1n) is 9.20. The zero-order chi connectivity index (χ0) is 16.9. The second kappa shape index (κ2) is 12.0. The van der Waals surface area contributed by atoms with E-state index in [9.17, 15) is 9.90 Å². The molecule has 0 heterocycles. The smallest absolute Gasteiger partial charge is 0.335 e. The minimum Gasteiger partial charge on any atom is -0.508 e. The Hall–Kier alpha value is -1.51. The fraction of sp³-hybridized carbons (Fsp3) is 0.650. The first kappa shape index (κ1) is 19.5. The van der Waals surface area contributed by atoms with Crippen LogP contribution in [0, 0.1) is 0 Å². The molecule has 0 bridgehead atoms. The molecule has 2 N–H and O–H groups in total. The number of benzene rings is 1. The molecule has 0 aliphatic heterocycles. The first-order valence-corrected chi connectivity index (χ1v) is 9.20. The van der Waals surface area contributed by atoms with Crippen LogP contribution in [0.4, 0.5) is 0 Å². The number of carboxylic acid groups (broad SMARTS) is 1. The molecule has 1 aromatic rings. The number of rotatable bonds is 13. The van der Waals surface area contributed by atoms with E-state index >= 15 is 0 Å². The number of hydrogen-bond donors (Lipinski definition) is 2. The molecule has 0 saturated carbocycles. The quantitative estimate of drug-likeness (QED) is 0.442. The fourth-order valence-corrected chi connectivity index (χ4v) is 2.89. The van der Waals surface area contributed by atoms with Gasteiger partial charge in [-0.3, -0.25) is 0 Å². The standard InChI is InChI=1S/C20H32O3/c1-2-3-4-5-6-7-8-9-10-11-12-13-17-14-15-18(20(22)23)16-19(17)21/h14-16,21H,2-13H2,1H3,(H,22,23). The summed E-state index contributed by atoms with van der Waals surface area (Å²) in [6.07, 6.45) is 15.2. The average molecular weight is 320 g/mol. The monoisotopic (exact) mass is 320 g/mol. The van der Waals surface area contributed by atoms with Gasteiger partial charge in [0.15, 0.2) is 0 Å². The molecule has 0 aliphatic rings. The molecule has 1 rings (SSSR count). The predicted molar refractivity (Wildman–Crippen MR) is 95.2 cm³/mol. The topological polar surface area (TPSA) is 57.5 Å². The number of carboxylic acids is 1. The molecular formula is C20H32O3. The summed E-state index contributed by atoms with van der Waals surface area (Å²) in [5.74, 6) is -0.890. The summed E-state index contributed by atoms with van der Waals surface area (Å²) in [5.41, 5.74) is 0.996. The second-order valence-corrected chi connectivity index (χ2v) is 6.43. The molecule has 0 radical (unpaired) electrons. The molecule has 0 atom stereocenters. The summed E-state index contributed by atoms with van der Waals surface area (Å²) in [4.78, 5) is 10.8. The number of phenolic OH excluding ortho intramolecular Hbond substituents is 1. The number of aromatic carboxylic acids is 1. The molecule has 0 amide bonds. The van der Waals surface area contributed by atoms with E-state index in [1.54, 1.807) is 12.1 Å². The Kier molecular flexibility index (Phi) is 10.2. The van der Waals surface area contributed by atoms with Gasteiger partial charge in [-0.05, 0) is 30.5 Å². The van der Waals surface area contributed by atoms with Gasteiger partial charge in [0, 0.05) is 0 Å². The summed E-state index contributed by atoms with van der Waals surface area (Å²) in [5, 5.41) is 18.7. The Balaban J connectivity index is 2.04. The highest BCUT2D eigenvalue weighted by molar-refractivity contribution is 5.88. The van der Waals surface area contributed by atoms with Crippen LogP contribution in [0.25, 0.3) is 0 Å². The average Bonchev–Trinajstić information content (AvgIpc) is 2.53. The molecule has 0 fully saturated rings. The molecule has 23 heavy (non-hydrogen) atoms. The van der Waals surface area contributed by atoms with Crippen LogP contribution < -0.4 is 0 Å². The summed E-state index contributed by atoms with van der Waals surface area (Å²) >= 11 is 0. The zero-order valence-electron chi connectivity index (χ0n) is 14.5. The zero-order valence-corrected chi connectivity index (χ0v) is 14.5. The Labute approximate surface area is 140 Å². The van der Waals surface area contributed by atoms with Crippen molar-refractivity contribution in [2.45, 2.75) is 84.0 Å². The van der Waals surface area contributed by atoms with Gasteiger partial charge in [-0.1, -0.05) is 77.2 Å². The summed E-state index contributed by atoms with van der Waals surface area (Å²) in [7, 11) is 0. The van der Waals surface area contributed by atoms with Gasteiger partial charge in [0.05, 0.1) is 5.56 Å². The van der Waals surface area contributed by atoms with Crippen LogP contribution in [-0.2, 0) is 6.42 Å². The van der Waals surface area contributed by atoms with E-state index < -0.39 is 5.97 Å². The molecule has 3 heteroatoms. The lowest BCUT2D eigenvalue weighted by molar-refractivity contribution is 0.0696. The lowest BCUT2D eigenvalue weighted by Gasteiger charge is -2.06. The van der Waals surface area contributed by atoms with Crippen molar-refractivity contribution in [1.82, 2.24) is 0 Å². The Morgan fingerprint density at radius 3 is 1.87 bits per heavy atom. The normalized spacial score (nSPS) is 10.8. The number of aryl methyl sites for hydroxylation is 1. The van der Waals surface area contributed by atoms with Gasteiger partial charge in [0.1, 0.15) is 5.75 Å². The van der Waals surface area contributed by atoms with Crippen molar-refractivity contribution in [3.63, 3.8) is 0 Å². The van der Waals surface area contributed by atoms with E-state index in [0.717, 1.165) is 18.4 Å². The molecular weight excluding hydrogens is 288 g/mol. The summed E-state index contributed by atoms with van der Waals surface area (Å²) < 4.78 is 0. The van der Waals surface area contributed by atoms with E-state index in [0.29, 0.717) is 0 Å². The van der Waals surface area contributed by atoms with Gasteiger partial charge >= 0.3 is 5.97 Å². The molecule has 3 nitrogen and oxygen atoms in total. The number of carbonyl (C=O) groups is 1. The Bertz CT molecular complexity index is 454. The van der Waals surface area contributed by atoms with Gasteiger partial charge in [0.2, 0.25) is 0 Å². The van der Waals surface area contributed by atoms with E-state index in [4.69, 9.17) is 5.11 Å². The Morgan fingerprint density at radius 2 is 1.39 bits per heavy atom. The van der Waals surface area contributed by atoms with Crippen LogP contribution in [0.2, 0.25) is 0 Å². The number of phenols is 1. The number of hydrogen-bond acceptors (Lipinski definition) is 2. The van der Waals surface area contributed by atoms with Crippen molar-refractivity contribution in [2.75, 3.05) is 0 Å². The predicted octanol–water partition coefficient (Wildman–Crippen LogP) is 5.94. The van der Waals surface area contributed by atoms with Gasteiger partial charge in [-0.2, -0.15) is 0 Å². The Morgan fingerprint density at radius 1 is 0.870 bits per heavy atom. The minimum atomic E-state index is -0.999. The van der Waals surface area contributed by atoms with Crippen LogP contribution in [-0.4, -0.2) is 16.2 Å². The van der Waals surface area contributed by atoms with Gasteiger partial charge < -0.3 is 10.2 Å². The van der Waals surface area contributed by atoms with Crippen molar-refractivity contribution < 1.29 is 15.0 Å². The number of aromatic hydroxyl groups is 1. The van der Waals surface area contributed by atoms with Crippen molar-refractivity contribution in [2.24, 2.45) is 0 Å². The fourth-order valence-electron chi connectivity index (χ4n) is 2.89. The highest BCUT2D eigenvalue weighted by atomic mass is 16.4. The molecule has 0 saturated heterocycles. The lowest BCUT2D eigenvalue weighted by Crippen LogP contribution is -1.97. The molecule has 0 aromatic heterocycles. The van der Waals surface area contributed by atoms with Crippen molar-refractivity contribution >= 4 is 5.97 Å². The minimum absolute atomic E-state index is 0.108. The highest BCUT2D eigenvalue weighted by Gasteiger charge is 2.07. The molecule has 130 valence electrons. The van der Waals surface area contributed by atoms with Crippen molar-refractivity contribution in [3.8, 4) is 5.75 Å². The third kappa shape index (κ3) is 8.63. The number of unbranched alkanes of at least 4 members (excludes halogenated alkanes) is 10. The van der Waals surface area contributed by atoms with Crippen LogP contribution in [0.3, 0.4) is 0 Å². The molecule has 0 aliphatic carbocycles. The summed E-state index contributed by atoms with van der Waals surface area (Å²) in [6, 6.07) is 4.64. The van der Waals surface area contributed by atoms with E-state index in [1.807, 2.05) is 0 Å². The first-order chi connectivity index (χ1) is 11.1. The third-order valence-corrected chi connectivity index (χ3v) is 4.38. The second-order valence-electron chi connectivity index (χ2n) is 6.43. The van der Waals surface area contributed by atoms with E-state index in [2.05, 4.69) is 6.92 Å². The van der Waals surface area contributed by atoms with Crippen LogP contribution >= 0.6 is 0 Å². The molecule has 0 spiro atoms. The maximum absolute atomic E-state index is 10.8. The summed E-state index contributed by atoms with van der Waals surface area (Å²) in [6.45, 7) is 2.25. The lowest BCUT2D eigenvalue weighted by atomic mass is 10.0. The maximum atomic E-state index is 10.8. The maximum Gasteiger partial charge on any atom is 0.335 e. The van der Waals surface area contributed by atoms with Crippen LogP contribution in [0.15, 0.2) is 18.2 Å². The largest absolute Gasteiger partial charge is 0.508 e. The van der Waals surface area contributed by atoms with Crippen molar-refractivity contribution in [3.05, 3.63) is 29.3 Å². The molecule has 0 unspecified atom stereocenters. The highest BCUT2D eigenvalue weighted by Crippen LogP contribution is 2.21. The third-order valence-electron chi connectivity index (χ3n) is 4.38.